The van der Waals surface area contributed by atoms with Crippen LogP contribution in [0.2, 0.25) is 0 Å². The fourth-order valence-electron chi connectivity index (χ4n) is 6.33. The first-order valence-corrected chi connectivity index (χ1v) is 21.3. The number of unbranched alkanes of at least 4 members (excludes halogenated alkanes) is 26. The number of amides is 1. The minimum atomic E-state index is -1.11. The van der Waals surface area contributed by atoms with Crippen molar-refractivity contribution in [3.05, 3.63) is 36.5 Å². The molecule has 0 spiro atoms. The van der Waals surface area contributed by atoms with Crippen LogP contribution in [-0.2, 0) is 4.79 Å². The molecule has 49 heavy (non-hydrogen) atoms. The molecule has 0 rings (SSSR count). The summed E-state index contributed by atoms with van der Waals surface area (Å²) in [4.78, 5) is 12.4. The second-order valence-corrected chi connectivity index (χ2v) is 14.5. The van der Waals surface area contributed by atoms with Gasteiger partial charge in [0.15, 0.2) is 0 Å². The Labute approximate surface area is 304 Å². The van der Waals surface area contributed by atoms with Crippen molar-refractivity contribution >= 4 is 5.91 Å². The van der Waals surface area contributed by atoms with Crippen molar-refractivity contribution < 1.29 is 20.1 Å². The lowest BCUT2D eigenvalue weighted by Crippen LogP contribution is -2.48. The Hall–Kier alpha value is -1.43. The molecular weight excluding hydrogens is 606 g/mol. The topological polar surface area (TPSA) is 89.8 Å². The van der Waals surface area contributed by atoms with Crippen LogP contribution in [0, 0.1) is 0 Å². The lowest BCUT2D eigenvalue weighted by Gasteiger charge is -2.21. The quantitative estimate of drug-likeness (QED) is 0.0384. The summed E-state index contributed by atoms with van der Waals surface area (Å²) in [6.45, 7) is 4.16. The van der Waals surface area contributed by atoms with Crippen molar-refractivity contribution in [2.45, 2.75) is 231 Å². The Morgan fingerprint density at radius 3 is 1.24 bits per heavy atom. The third-order valence-corrected chi connectivity index (χ3v) is 9.71. The van der Waals surface area contributed by atoms with Crippen LogP contribution in [0.1, 0.15) is 213 Å². The Balaban J connectivity index is 3.74. The van der Waals surface area contributed by atoms with Crippen molar-refractivity contribution in [2.24, 2.45) is 0 Å². The Kier molecular flexibility index (Phi) is 38.2. The molecule has 0 saturated heterocycles. The number of aliphatic hydroxyl groups excluding tert-OH is 3. The smallest absolute Gasteiger partial charge is 0.249 e. The number of hydrogen-bond acceptors (Lipinski definition) is 4. The van der Waals surface area contributed by atoms with Gasteiger partial charge in [-0.1, -0.05) is 204 Å². The molecule has 3 atom stereocenters. The second-order valence-electron chi connectivity index (χ2n) is 14.5. The van der Waals surface area contributed by atoms with Gasteiger partial charge in [0.05, 0.1) is 18.8 Å². The molecule has 288 valence electrons. The summed E-state index contributed by atoms with van der Waals surface area (Å²) >= 11 is 0. The van der Waals surface area contributed by atoms with E-state index in [4.69, 9.17) is 0 Å². The van der Waals surface area contributed by atoms with Gasteiger partial charge in [-0.25, -0.2) is 0 Å². The highest BCUT2D eigenvalue weighted by molar-refractivity contribution is 5.80. The fraction of sp³-hybridized carbons (Fsp3) is 0.841. The molecule has 1 amide bonds. The van der Waals surface area contributed by atoms with E-state index in [0.29, 0.717) is 6.42 Å². The standard InChI is InChI=1S/C44H83NO4/c1-3-5-7-9-11-13-15-17-19-21-23-25-27-29-31-33-35-37-39-43(48)44(49)45-41(40-46)42(47)38-36-34-32-30-28-26-24-22-20-18-16-14-12-10-8-6-4-2/h20,22,28,30,36,38,41-43,46-48H,3-19,21,23-27,29,31-35,37,39-40H2,1-2H3,(H,45,49)/b22-20+,30-28+,38-36+. The average Bonchev–Trinajstić information content (AvgIpc) is 3.11. The Morgan fingerprint density at radius 2 is 0.837 bits per heavy atom. The molecule has 0 aromatic heterocycles. The number of hydrogen-bond donors (Lipinski definition) is 4. The molecule has 3 unspecified atom stereocenters. The van der Waals surface area contributed by atoms with Crippen molar-refractivity contribution in [1.29, 1.82) is 0 Å². The van der Waals surface area contributed by atoms with E-state index in [9.17, 15) is 20.1 Å². The zero-order valence-electron chi connectivity index (χ0n) is 32.6. The molecule has 0 aliphatic heterocycles. The Morgan fingerprint density at radius 1 is 0.490 bits per heavy atom. The van der Waals surface area contributed by atoms with E-state index in [0.717, 1.165) is 44.9 Å². The number of carbonyl (C=O) groups is 1. The van der Waals surface area contributed by atoms with E-state index >= 15 is 0 Å². The van der Waals surface area contributed by atoms with Crippen LogP contribution in [-0.4, -0.2) is 46.1 Å². The van der Waals surface area contributed by atoms with E-state index in [1.807, 2.05) is 6.08 Å². The van der Waals surface area contributed by atoms with Gasteiger partial charge in [0.25, 0.3) is 0 Å². The van der Waals surface area contributed by atoms with Crippen molar-refractivity contribution in [3.63, 3.8) is 0 Å². The van der Waals surface area contributed by atoms with E-state index in [1.54, 1.807) is 6.08 Å². The van der Waals surface area contributed by atoms with Crippen LogP contribution in [0.4, 0.5) is 0 Å². The third-order valence-electron chi connectivity index (χ3n) is 9.71. The maximum Gasteiger partial charge on any atom is 0.249 e. The van der Waals surface area contributed by atoms with Crippen molar-refractivity contribution in [2.75, 3.05) is 6.61 Å². The van der Waals surface area contributed by atoms with Gasteiger partial charge in [0.1, 0.15) is 6.10 Å². The van der Waals surface area contributed by atoms with E-state index in [2.05, 4.69) is 43.5 Å². The molecule has 0 saturated carbocycles. The molecule has 0 radical (unpaired) electrons. The van der Waals surface area contributed by atoms with Gasteiger partial charge in [-0.15, -0.1) is 0 Å². The van der Waals surface area contributed by atoms with Crippen LogP contribution in [0.3, 0.4) is 0 Å². The van der Waals surface area contributed by atoms with Crippen LogP contribution >= 0.6 is 0 Å². The minimum absolute atomic E-state index is 0.379. The second kappa shape index (κ2) is 39.4. The number of nitrogens with one attached hydrogen (secondary N) is 1. The monoisotopic (exact) mass is 690 g/mol. The van der Waals surface area contributed by atoms with Gasteiger partial charge in [-0.3, -0.25) is 4.79 Å². The first-order valence-electron chi connectivity index (χ1n) is 21.3. The molecular formula is C44H83NO4. The molecule has 0 aliphatic rings. The number of aliphatic hydroxyl groups is 3. The number of rotatable bonds is 38. The molecule has 5 heteroatoms. The molecule has 4 N–H and O–H groups in total. The SMILES string of the molecule is CCCCCCCCC/C=C/CC/C=C/CC/C=C/C(O)C(CO)NC(=O)C(O)CCCCCCCCCCCCCCCCCCCC. The van der Waals surface area contributed by atoms with E-state index in [1.165, 1.54) is 148 Å². The summed E-state index contributed by atoms with van der Waals surface area (Å²) in [7, 11) is 0. The van der Waals surface area contributed by atoms with Gasteiger partial charge < -0.3 is 20.6 Å². The molecule has 0 bridgehead atoms. The third kappa shape index (κ3) is 34.8. The highest BCUT2D eigenvalue weighted by atomic mass is 16.3. The molecule has 5 nitrogen and oxygen atoms in total. The normalized spacial score (nSPS) is 14.0. The lowest BCUT2D eigenvalue weighted by atomic mass is 10.0. The zero-order valence-corrected chi connectivity index (χ0v) is 32.6. The summed E-state index contributed by atoms with van der Waals surface area (Å²) in [5.74, 6) is -0.516. The van der Waals surface area contributed by atoms with Gasteiger partial charge in [0.2, 0.25) is 5.91 Å². The fourth-order valence-corrected chi connectivity index (χ4v) is 6.33. The molecule has 0 fully saturated rings. The van der Waals surface area contributed by atoms with Gasteiger partial charge in [0, 0.05) is 0 Å². The largest absolute Gasteiger partial charge is 0.394 e. The molecule has 0 aromatic carbocycles. The first-order chi connectivity index (χ1) is 24.1. The lowest BCUT2D eigenvalue weighted by molar-refractivity contribution is -0.131. The zero-order chi connectivity index (χ0) is 35.9. The van der Waals surface area contributed by atoms with Crippen LogP contribution in [0.5, 0.6) is 0 Å². The van der Waals surface area contributed by atoms with E-state index < -0.39 is 24.2 Å². The van der Waals surface area contributed by atoms with Gasteiger partial charge in [-0.05, 0) is 44.9 Å². The van der Waals surface area contributed by atoms with Gasteiger partial charge in [-0.2, -0.15) is 0 Å². The Bertz CT molecular complexity index is 764. The summed E-state index contributed by atoms with van der Waals surface area (Å²) in [6.07, 6.45) is 48.8. The predicted molar refractivity (Wildman–Crippen MR) is 213 cm³/mol. The molecule has 0 aliphatic carbocycles. The van der Waals surface area contributed by atoms with Crippen molar-refractivity contribution in [3.8, 4) is 0 Å². The highest BCUT2D eigenvalue weighted by Gasteiger charge is 2.22. The van der Waals surface area contributed by atoms with Crippen molar-refractivity contribution in [1.82, 2.24) is 5.32 Å². The maximum atomic E-state index is 12.4. The number of allylic oxidation sites excluding steroid dienone is 5. The highest BCUT2D eigenvalue weighted by Crippen LogP contribution is 2.15. The summed E-state index contributed by atoms with van der Waals surface area (Å²) in [6, 6.07) is -0.817. The van der Waals surface area contributed by atoms with Gasteiger partial charge >= 0.3 is 0 Å². The van der Waals surface area contributed by atoms with Crippen LogP contribution < -0.4 is 5.32 Å². The average molecular weight is 690 g/mol. The molecule has 0 aromatic rings. The first kappa shape index (κ1) is 47.6. The summed E-state index contributed by atoms with van der Waals surface area (Å²) in [5, 5.41) is 33.1. The number of carbonyl (C=O) groups excluding carboxylic acids is 1. The molecule has 0 heterocycles. The maximum absolute atomic E-state index is 12.4. The van der Waals surface area contributed by atoms with E-state index in [-0.39, 0.29) is 6.61 Å². The minimum Gasteiger partial charge on any atom is -0.394 e. The van der Waals surface area contributed by atoms with Crippen LogP contribution in [0.15, 0.2) is 36.5 Å². The summed E-state index contributed by atoms with van der Waals surface area (Å²) < 4.78 is 0. The van der Waals surface area contributed by atoms with Crippen LogP contribution in [0.25, 0.3) is 0 Å². The summed E-state index contributed by atoms with van der Waals surface area (Å²) in [5.41, 5.74) is 0. The predicted octanol–water partition coefficient (Wildman–Crippen LogP) is 12.0.